The Bertz CT molecular complexity index is 454. The van der Waals surface area contributed by atoms with Crippen molar-refractivity contribution in [3.05, 3.63) is 23.8 Å². The molecule has 1 aromatic carbocycles. The molecule has 1 fully saturated rings. The molecular formula is C14H21N3O2. The molecule has 0 amide bonds. The molecule has 0 unspecified atom stereocenters. The van der Waals surface area contributed by atoms with Crippen LogP contribution in [0.15, 0.2) is 18.2 Å². The van der Waals surface area contributed by atoms with Crippen LogP contribution in [0.2, 0.25) is 0 Å². The number of likely N-dealkylation sites (N-methyl/N-ethyl adjacent to an activating group) is 1. The van der Waals surface area contributed by atoms with Crippen molar-refractivity contribution in [2.75, 3.05) is 50.5 Å². The van der Waals surface area contributed by atoms with E-state index in [9.17, 15) is 4.79 Å². The van der Waals surface area contributed by atoms with E-state index in [4.69, 9.17) is 10.5 Å². The van der Waals surface area contributed by atoms with Crippen LogP contribution < -0.4 is 10.6 Å². The molecule has 0 spiro atoms. The lowest BCUT2D eigenvalue weighted by Crippen LogP contribution is -2.46. The maximum absolute atomic E-state index is 11.6. The van der Waals surface area contributed by atoms with Gasteiger partial charge in [-0.2, -0.15) is 0 Å². The fraction of sp³-hybridized carbons (Fsp3) is 0.500. The van der Waals surface area contributed by atoms with E-state index >= 15 is 0 Å². The Morgan fingerprint density at radius 1 is 1.32 bits per heavy atom. The summed E-state index contributed by atoms with van der Waals surface area (Å²) in [7, 11) is 1.37. The summed E-state index contributed by atoms with van der Waals surface area (Å²) in [6, 6.07) is 5.51. The number of ether oxygens (including phenoxy) is 1. The lowest BCUT2D eigenvalue weighted by atomic mass is 10.1. The summed E-state index contributed by atoms with van der Waals surface area (Å²) in [5.41, 5.74) is 7.99. The second-order valence-corrected chi connectivity index (χ2v) is 4.65. The number of methoxy groups -OCH3 is 1. The number of carbonyl (C=O) groups excluding carboxylic acids is 1. The molecule has 0 atom stereocenters. The highest BCUT2D eigenvalue weighted by molar-refractivity contribution is 5.98. The maximum atomic E-state index is 11.6. The highest BCUT2D eigenvalue weighted by atomic mass is 16.5. The zero-order chi connectivity index (χ0) is 13.8. The number of nitrogens with two attached hydrogens (primary N) is 1. The summed E-state index contributed by atoms with van der Waals surface area (Å²) in [5, 5.41) is 0. The van der Waals surface area contributed by atoms with Crippen LogP contribution in [0.5, 0.6) is 0 Å². The lowest BCUT2D eigenvalue weighted by molar-refractivity contribution is 0.0602. The van der Waals surface area contributed by atoms with Crippen LogP contribution in [0.1, 0.15) is 17.3 Å². The van der Waals surface area contributed by atoms with E-state index in [1.807, 2.05) is 12.1 Å². The minimum Gasteiger partial charge on any atom is -0.465 e. The first kappa shape index (κ1) is 13.7. The Balaban J connectivity index is 2.19. The van der Waals surface area contributed by atoms with Crippen molar-refractivity contribution < 1.29 is 9.53 Å². The molecular weight excluding hydrogens is 242 g/mol. The van der Waals surface area contributed by atoms with Gasteiger partial charge < -0.3 is 20.3 Å². The zero-order valence-electron chi connectivity index (χ0n) is 11.6. The summed E-state index contributed by atoms with van der Waals surface area (Å²) >= 11 is 0. The largest absolute Gasteiger partial charge is 0.465 e. The van der Waals surface area contributed by atoms with Gasteiger partial charge in [-0.3, -0.25) is 0 Å². The Hall–Kier alpha value is -1.75. The van der Waals surface area contributed by atoms with Gasteiger partial charge in [0.05, 0.1) is 24.0 Å². The van der Waals surface area contributed by atoms with Crippen LogP contribution in [0, 0.1) is 0 Å². The molecule has 19 heavy (non-hydrogen) atoms. The predicted molar refractivity (Wildman–Crippen MR) is 76.5 cm³/mol. The minimum atomic E-state index is -0.383. The van der Waals surface area contributed by atoms with Crippen LogP contribution in [0.3, 0.4) is 0 Å². The number of hydrogen-bond donors (Lipinski definition) is 1. The summed E-state index contributed by atoms with van der Waals surface area (Å²) in [6.45, 7) is 7.16. The fourth-order valence-corrected chi connectivity index (χ4v) is 2.42. The van der Waals surface area contributed by atoms with Gasteiger partial charge in [0.2, 0.25) is 0 Å². The Labute approximate surface area is 113 Å². The smallest absolute Gasteiger partial charge is 0.340 e. The number of nitrogens with zero attached hydrogens (tertiary/aromatic N) is 2. The van der Waals surface area contributed by atoms with Crippen LogP contribution in [0.4, 0.5) is 11.4 Å². The van der Waals surface area contributed by atoms with Gasteiger partial charge in [0, 0.05) is 26.2 Å². The zero-order valence-corrected chi connectivity index (χ0v) is 11.6. The Morgan fingerprint density at radius 3 is 2.58 bits per heavy atom. The molecule has 1 heterocycles. The quantitative estimate of drug-likeness (QED) is 0.656. The summed E-state index contributed by atoms with van der Waals surface area (Å²) in [4.78, 5) is 16.3. The number of esters is 1. The second kappa shape index (κ2) is 5.93. The number of nitrogen functional groups attached to an aromatic ring is 1. The van der Waals surface area contributed by atoms with Gasteiger partial charge in [0.15, 0.2) is 0 Å². The highest BCUT2D eigenvalue weighted by Crippen LogP contribution is 2.28. The van der Waals surface area contributed by atoms with Crippen LogP contribution in [-0.4, -0.2) is 50.7 Å². The van der Waals surface area contributed by atoms with Crippen molar-refractivity contribution in [3.63, 3.8) is 0 Å². The highest BCUT2D eigenvalue weighted by Gasteiger charge is 2.20. The lowest BCUT2D eigenvalue weighted by Gasteiger charge is -2.36. The summed E-state index contributed by atoms with van der Waals surface area (Å²) in [6.07, 6.45) is 0. The molecule has 1 aliphatic rings. The third-order valence-corrected chi connectivity index (χ3v) is 3.65. The number of rotatable bonds is 3. The van der Waals surface area contributed by atoms with Crippen molar-refractivity contribution in [3.8, 4) is 0 Å². The molecule has 1 aromatic rings. The molecule has 0 aliphatic carbocycles. The standard InChI is InChI=1S/C14H21N3O2/c1-3-16-7-9-17(10-8-16)12-6-4-5-11(13(12)15)14(18)19-2/h4-6H,3,7-10,15H2,1-2H3. The molecule has 104 valence electrons. The molecule has 2 rings (SSSR count). The molecule has 0 saturated carbocycles. The third kappa shape index (κ3) is 2.81. The molecule has 1 aliphatic heterocycles. The van der Waals surface area contributed by atoms with Crippen LogP contribution >= 0.6 is 0 Å². The Morgan fingerprint density at radius 2 is 2.00 bits per heavy atom. The van der Waals surface area contributed by atoms with Crippen LogP contribution in [-0.2, 0) is 4.74 Å². The van der Waals surface area contributed by atoms with Gasteiger partial charge in [-0.25, -0.2) is 4.79 Å². The SMILES string of the molecule is CCN1CCN(c2cccc(C(=O)OC)c2N)CC1. The van der Waals surface area contributed by atoms with Crippen molar-refractivity contribution in [1.29, 1.82) is 0 Å². The van der Waals surface area contributed by atoms with E-state index in [0.717, 1.165) is 38.4 Å². The van der Waals surface area contributed by atoms with E-state index in [-0.39, 0.29) is 5.97 Å². The van der Waals surface area contributed by atoms with Gasteiger partial charge in [-0.05, 0) is 18.7 Å². The van der Waals surface area contributed by atoms with Gasteiger partial charge >= 0.3 is 5.97 Å². The van der Waals surface area contributed by atoms with Crippen molar-refractivity contribution in [2.45, 2.75) is 6.92 Å². The van der Waals surface area contributed by atoms with E-state index in [0.29, 0.717) is 11.3 Å². The number of piperazine rings is 1. The normalized spacial score (nSPS) is 16.4. The van der Waals surface area contributed by atoms with Gasteiger partial charge in [-0.1, -0.05) is 13.0 Å². The van der Waals surface area contributed by atoms with Crippen molar-refractivity contribution in [2.24, 2.45) is 0 Å². The van der Waals surface area contributed by atoms with Gasteiger partial charge in [-0.15, -0.1) is 0 Å². The predicted octanol–water partition coefficient (Wildman–Crippen LogP) is 1.20. The van der Waals surface area contributed by atoms with Gasteiger partial charge in [0.25, 0.3) is 0 Å². The molecule has 5 heteroatoms. The number of hydrogen-bond acceptors (Lipinski definition) is 5. The second-order valence-electron chi connectivity index (χ2n) is 4.65. The number of benzene rings is 1. The van der Waals surface area contributed by atoms with Crippen molar-refractivity contribution >= 4 is 17.3 Å². The summed E-state index contributed by atoms with van der Waals surface area (Å²) < 4.78 is 4.75. The van der Waals surface area contributed by atoms with Crippen molar-refractivity contribution in [1.82, 2.24) is 4.90 Å². The van der Waals surface area contributed by atoms with E-state index in [1.165, 1.54) is 7.11 Å². The van der Waals surface area contributed by atoms with Crippen LogP contribution in [0.25, 0.3) is 0 Å². The minimum absolute atomic E-state index is 0.383. The van der Waals surface area contributed by atoms with E-state index in [2.05, 4.69) is 16.7 Å². The number of anilines is 2. The summed E-state index contributed by atoms with van der Waals surface area (Å²) in [5.74, 6) is -0.383. The van der Waals surface area contributed by atoms with Gasteiger partial charge in [0.1, 0.15) is 0 Å². The molecule has 2 N–H and O–H groups in total. The third-order valence-electron chi connectivity index (χ3n) is 3.65. The molecule has 0 aromatic heterocycles. The molecule has 0 bridgehead atoms. The number of para-hydroxylation sites is 1. The average molecular weight is 263 g/mol. The van der Waals surface area contributed by atoms with E-state index < -0.39 is 0 Å². The van der Waals surface area contributed by atoms with E-state index in [1.54, 1.807) is 6.07 Å². The topological polar surface area (TPSA) is 58.8 Å². The fourth-order valence-electron chi connectivity index (χ4n) is 2.42. The monoisotopic (exact) mass is 263 g/mol. The molecule has 0 radical (unpaired) electrons. The molecule has 5 nitrogen and oxygen atoms in total. The number of carbonyl (C=O) groups is 1. The maximum Gasteiger partial charge on any atom is 0.340 e. The molecule has 1 saturated heterocycles. The first-order valence-electron chi connectivity index (χ1n) is 6.61. The first-order chi connectivity index (χ1) is 9.17. The Kier molecular flexibility index (Phi) is 4.27. The average Bonchev–Trinajstić information content (AvgIpc) is 2.47. The first-order valence-corrected chi connectivity index (χ1v) is 6.61.